The first-order valence-corrected chi connectivity index (χ1v) is 6.72. The van der Waals surface area contributed by atoms with Crippen molar-refractivity contribution in [3.63, 3.8) is 0 Å². The summed E-state index contributed by atoms with van der Waals surface area (Å²) in [5.74, 6) is 0. The minimum absolute atomic E-state index is 0.121. The predicted octanol–water partition coefficient (Wildman–Crippen LogP) is 4.00. The van der Waals surface area contributed by atoms with Gasteiger partial charge in [0, 0.05) is 6.04 Å². The Balaban J connectivity index is 1.84. The van der Waals surface area contributed by atoms with Crippen LogP contribution < -0.4 is 5.32 Å². The summed E-state index contributed by atoms with van der Waals surface area (Å²) in [5, 5.41) is 2.77. The summed E-state index contributed by atoms with van der Waals surface area (Å²) in [4.78, 5) is 0. The average Bonchev–Trinajstić information content (AvgIpc) is 3.07. The number of nitrogens with one attached hydrogen (secondary N) is 1. The molecule has 0 spiro atoms. The maximum Gasteiger partial charge on any atom is 0.406 e. The first-order chi connectivity index (χ1) is 8.82. The molecule has 0 aromatic heterocycles. The molecular formula is C15H20F3N. The van der Waals surface area contributed by atoms with Gasteiger partial charge in [0.2, 0.25) is 0 Å². The highest BCUT2D eigenvalue weighted by Crippen LogP contribution is 2.49. The van der Waals surface area contributed by atoms with Gasteiger partial charge in [0.05, 0.1) is 0 Å². The lowest BCUT2D eigenvalue weighted by Gasteiger charge is -2.25. The number of hydrogen-bond acceptors (Lipinski definition) is 1. The molecule has 1 unspecified atom stereocenters. The smallest absolute Gasteiger partial charge is 0.301 e. The van der Waals surface area contributed by atoms with E-state index in [2.05, 4.69) is 11.4 Å². The first kappa shape index (κ1) is 14.4. The molecule has 106 valence electrons. The monoisotopic (exact) mass is 271 g/mol. The van der Waals surface area contributed by atoms with E-state index in [9.17, 15) is 13.2 Å². The van der Waals surface area contributed by atoms with Gasteiger partial charge in [-0.1, -0.05) is 29.8 Å². The van der Waals surface area contributed by atoms with E-state index in [4.69, 9.17) is 0 Å². The van der Waals surface area contributed by atoms with Gasteiger partial charge in [-0.3, -0.25) is 0 Å². The van der Waals surface area contributed by atoms with E-state index < -0.39 is 11.7 Å². The van der Waals surface area contributed by atoms with Crippen LogP contribution in [0.5, 0.6) is 0 Å². The second-order valence-electron chi connectivity index (χ2n) is 5.65. The maximum atomic E-state index is 12.8. The molecule has 1 aromatic rings. The second-order valence-corrected chi connectivity index (χ2v) is 5.65. The molecule has 1 atom stereocenters. The average molecular weight is 271 g/mol. The molecule has 0 bridgehead atoms. The summed E-state index contributed by atoms with van der Waals surface area (Å²) < 4.78 is 38.4. The van der Waals surface area contributed by atoms with Crippen LogP contribution in [0.25, 0.3) is 0 Å². The van der Waals surface area contributed by atoms with Crippen molar-refractivity contribution >= 4 is 0 Å². The van der Waals surface area contributed by atoms with Gasteiger partial charge in [0.1, 0.15) is 5.54 Å². The fourth-order valence-corrected chi connectivity index (χ4v) is 2.43. The van der Waals surface area contributed by atoms with Gasteiger partial charge in [-0.15, -0.1) is 0 Å². The highest BCUT2D eigenvalue weighted by atomic mass is 19.4. The third-order valence-corrected chi connectivity index (χ3v) is 3.76. The highest BCUT2D eigenvalue weighted by molar-refractivity contribution is 5.22. The van der Waals surface area contributed by atoms with Gasteiger partial charge < -0.3 is 5.32 Å². The third-order valence-electron chi connectivity index (χ3n) is 3.76. The zero-order valence-corrected chi connectivity index (χ0v) is 11.3. The number of halogens is 3. The fraction of sp³-hybridized carbons (Fsp3) is 0.600. The number of rotatable bonds is 5. The summed E-state index contributed by atoms with van der Waals surface area (Å²) in [6.45, 7) is 3.86. The molecule has 0 heterocycles. The number of benzene rings is 1. The number of alkyl halides is 3. The van der Waals surface area contributed by atoms with Crippen molar-refractivity contribution in [2.75, 3.05) is 0 Å². The number of hydrogen-bond donors (Lipinski definition) is 1. The van der Waals surface area contributed by atoms with Crippen LogP contribution in [0.3, 0.4) is 0 Å². The van der Waals surface area contributed by atoms with Crippen molar-refractivity contribution < 1.29 is 13.2 Å². The maximum absolute atomic E-state index is 12.8. The topological polar surface area (TPSA) is 12.0 Å². The molecule has 0 radical (unpaired) electrons. The Hall–Kier alpha value is -1.03. The molecule has 0 aliphatic heterocycles. The van der Waals surface area contributed by atoms with Crippen molar-refractivity contribution in [2.45, 2.75) is 57.3 Å². The Labute approximate surface area is 112 Å². The molecule has 1 saturated carbocycles. The van der Waals surface area contributed by atoms with Crippen LogP contribution in [0.1, 0.15) is 37.3 Å². The Morgan fingerprint density at radius 1 is 1.32 bits per heavy atom. The van der Waals surface area contributed by atoms with Crippen LogP contribution in [-0.4, -0.2) is 17.8 Å². The standard InChI is InChI=1S/C15H20F3N/c1-11-4-3-5-13(10-11)7-6-12(2)19-14(8-9-14)15(16,17)18/h3-5,10,12,19H,6-9H2,1-2H3. The zero-order valence-electron chi connectivity index (χ0n) is 11.3. The second kappa shape index (κ2) is 5.16. The minimum atomic E-state index is -4.12. The molecular weight excluding hydrogens is 251 g/mol. The largest absolute Gasteiger partial charge is 0.406 e. The molecule has 2 rings (SSSR count). The summed E-state index contributed by atoms with van der Waals surface area (Å²) in [6, 6.07) is 8.00. The lowest BCUT2D eigenvalue weighted by Crippen LogP contribution is -2.48. The molecule has 1 nitrogen and oxygen atoms in total. The molecule has 19 heavy (non-hydrogen) atoms. The molecule has 0 saturated heterocycles. The Morgan fingerprint density at radius 2 is 2.00 bits per heavy atom. The first-order valence-electron chi connectivity index (χ1n) is 6.72. The fourth-order valence-electron chi connectivity index (χ4n) is 2.43. The third kappa shape index (κ3) is 3.50. The summed E-state index contributed by atoms with van der Waals surface area (Å²) in [6.07, 6.45) is -2.16. The van der Waals surface area contributed by atoms with Crippen LogP contribution in [0.2, 0.25) is 0 Å². The van der Waals surface area contributed by atoms with Gasteiger partial charge in [-0.05, 0) is 45.1 Å². The molecule has 1 fully saturated rings. The van der Waals surface area contributed by atoms with Crippen LogP contribution >= 0.6 is 0 Å². The SMILES string of the molecule is Cc1cccc(CCC(C)NC2(C(F)(F)F)CC2)c1. The molecule has 1 aliphatic carbocycles. The van der Waals surface area contributed by atoms with Gasteiger partial charge in [-0.25, -0.2) is 0 Å². The molecule has 0 amide bonds. The Kier molecular flexibility index (Phi) is 3.90. The quantitative estimate of drug-likeness (QED) is 0.853. The van der Waals surface area contributed by atoms with Crippen molar-refractivity contribution in [1.29, 1.82) is 0 Å². The summed E-state index contributed by atoms with van der Waals surface area (Å²) in [5.41, 5.74) is 0.775. The lowest BCUT2D eigenvalue weighted by atomic mass is 10.0. The van der Waals surface area contributed by atoms with E-state index in [1.54, 1.807) is 0 Å². The normalized spacial score (nSPS) is 19.2. The van der Waals surface area contributed by atoms with E-state index >= 15 is 0 Å². The van der Waals surface area contributed by atoms with Crippen LogP contribution in [0.15, 0.2) is 24.3 Å². The molecule has 1 aromatic carbocycles. The lowest BCUT2D eigenvalue weighted by molar-refractivity contribution is -0.167. The highest BCUT2D eigenvalue weighted by Gasteiger charge is 2.63. The molecule has 1 aliphatic rings. The van der Waals surface area contributed by atoms with Crippen LogP contribution in [0, 0.1) is 6.92 Å². The van der Waals surface area contributed by atoms with E-state index in [0.29, 0.717) is 0 Å². The zero-order chi connectivity index (χ0) is 14.1. The van der Waals surface area contributed by atoms with Gasteiger partial charge in [0.15, 0.2) is 0 Å². The van der Waals surface area contributed by atoms with Gasteiger partial charge in [-0.2, -0.15) is 13.2 Å². The minimum Gasteiger partial charge on any atom is -0.301 e. The predicted molar refractivity (Wildman–Crippen MR) is 70.1 cm³/mol. The number of aryl methyl sites for hydroxylation is 2. The van der Waals surface area contributed by atoms with E-state index in [0.717, 1.165) is 12.8 Å². The van der Waals surface area contributed by atoms with Gasteiger partial charge >= 0.3 is 6.18 Å². The van der Waals surface area contributed by atoms with E-state index in [-0.39, 0.29) is 18.9 Å². The van der Waals surface area contributed by atoms with Crippen LogP contribution in [0.4, 0.5) is 13.2 Å². The van der Waals surface area contributed by atoms with Crippen LogP contribution in [-0.2, 0) is 6.42 Å². The molecule has 4 heteroatoms. The van der Waals surface area contributed by atoms with Crippen molar-refractivity contribution in [2.24, 2.45) is 0 Å². The van der Waals surface area contributed by atoms with E-state index in [1.165, 1.54) is 11.1 Å². The van der Waals surface area contributed by atoms with Crippen molar-refractivity contribution in [1.82, 2.24) is 5.32 Å². The summed E-state index contributed by atoms with van der Waals surface area (Å²) in [7, 11) is 0. The summed E-state index contributed by atoms with van der Waals surface area (Å²) >= 11 is 0. The Morgan fingerprint density at radius 3 is 2.53 bits per heavy atom. The van der Waals surface area contributed by atoms with E-state index in [1.807, 2.05) is 32.0 Å². The molecule has 1 N–H and O–H groups in total. The van der Waals surface area contributed by atoms with Crippen molar-refractivity contribution in [3.8, 4) is 0 Å². The van der Waals surface area contributed by atoms with Gasteiger partial charge in [0.25, 0.3) is 0 Å². The Bertz CT molecular complexity index is 435. The van der Waals surface area contributed by atoms with Crippen molar-refractivity contribution in [3.05, 3.63) is 35.4 Å².